The van der Waals surface area contributed by atoms with E-state index in [1.165, 1.54) is 49.2 Å². The molecule has 0 unspecified atom stereocenters. The Kier molecular flexibility index (Phi) is 6.53. The van der Waals surface area contributed by atoms with Crippen molar-refractivity contribution in [3.05, 3.63) is 188 Å². The molecule has 0 aliphatic heterocycles. The maximum Gasteiger partial charge on any atom is 0.143 e. The van der Waals surface area contributed by atoms with Crippen molar-refractivity contribution < 1.29 is 4.42 Å². The van der Waals surface area contributed by atoms with Gasteiger partial charge in [0.15, 0.2) is 0 Å². The standard InChI is InChI=1S/C48H31NO/c1-3-13-32(14-4-1)44-31-46-45-30-37(27-28-47(45)50-48(46)42-22-12-11-21-41(42)44)49(35-16-5-2-6-17-35)36-25-23-33(24-26-36)43-29-34-15-7-8-18-38(34)39-19-9-10-20-40(39)43/h1-31H. The summed E-state index contributed by atoms with van der Waals surface area (Å²) in [6, 6.07) is 67.4. The Hall–Kier alpha value is -6.64. The summed E-state index contributed by atoms with van der Waals surface area (Å²) in [5.74, 6) is 0. The Morgan fingerprint density at radius 2 is 0.860 bits per heavy atom. The first-order valence-electron chi connectivity index (χ1n) is 17.1. The maximum atomic E-state index is 6.61. The van der Waals surface area contributed by atoms with Crippen LogP contribution in [0.2, 0.25) is 0 Å². The summed E-state index contributed by atoms with van der Waals surface area (Å²) < 4.78 is 6.61. The third-order valence-electron chi connectivity index (χ3n) is 10.0. The maximum absolute atomic E-state index is 6.61. The largest absolute Gasteiger partial charge is 0.455 e. The summed E-state index contributed by atoms with van der Waals surface area (Å²) in [5, 5.41) is 9.60. The second-order valence-electron chi connectivity index (χ2n) is 12.9. The fourth-order valence-corrected chi connectivity index (χ4v) is 7.69. The molecular weight excluding hydrogens is 607 g/mol. The van der Waals surface area contributed by atoms with Crippen molar-refractivity contribution >= 4 is 71.3 Å². The number of furan rings is 1. The first-order valence-corrected chi connectivity index (χ1v) is 17.1. The molecule has 0 spiro atoms. The van der Waals surface area contributed by atoms with Gasteiger partial charge in [0, 0.05) is 33.2 Å². The SMILES string of the molecule is c1ccc(-c2cc3c4cc(N(c5ccccc5)c5ccc(-c6cc7ccccc7c7ccccc67)cc5)ccc4oc3c3ccccc23)cc1. The summed E-state index contributed by atoms with van der Waals surface area (Å²) >= 11 is 0. The van der Waals surface area contributed by atoms with Crippen LogP contribution < -0.4 is 4.90 Å². The van der Waals surface area contributed by atoms with Gasteiger partial charge in [-0.15, -0.1) is 0 Å². The smallest absolute Gasteiger partial charge is 0.143 e. The molecule has 1 heterocycles. The van der Waals surface area contributed by atoms with Crippen LogP contribution in [0, 0.1) is 0 Å². The van der Waals surface area contributed by atoms with Gasteiger partial charge in [0.1, 0.15) is 11.2 Å². The van der Waals surface area contributed by atoms with Crippen molar-refractivity contribution in [2.24, 2.45) is 0 Å². The van der Waals surface area contributed by atoms with Crippen molar-refractivity contribution in [1.82, 2.24) is 0 Å². The van der Waals surface area contributed by atoms with Gasteiger partial charge in [-0.3, -0.25) is 0 Å². The monoisotopic (exact) mass is 637 g/mol. The first kappa shape index (κ1) is 28.4. The van der Waals surface area contributed by atoms with Crippen molar-refractivity contribution in [3.63, 3.8) is 0 Å². The summed E-state index contributed by atoms with van der Waals surface area (Å²) in [6.07, 6.45) is 0. The summed E-state index contributed by atoms with van der Waals surface area (Å²) in [6.45, 7) is 0. The third kappa shape index (κ3) is 4.57. The van der Waals surface area contributed by atoms with Gasteiger partial charge in [0.05, 0.1) is 0 Å². The normalized spacial score (nSPS) is 11.6. The summed E-state index contributed by atoms with van der Waals surface area (Å²) in [4.78, 5) is 2.33. The fraction of sp³-hybridized carbons (Fsp3) is 0. The Morgan fingerprint density at radius 1 is 0.320 bits per heavy atom. The van der Waals surface area contributed by atoms with Crippen LogP contribution in [0.25, 0.3) is 76.5 Å². The lowest BCUT2D eigenvalue weighted by Crippen LogP contribution is -2.09. The number of para-hydroxylation sites is 1. The number of benzene rings is 9. The zero-order valence-corrected chi connectivity index (χ0v) is 27.3. The highest BCUT2D eigenvalue weighted by Crippen LogP contribution is 2.43. The van der Waals surface area contributed by atoms with Gasteiger partial charge in [0.2, 0.25) is 0 Å². The molecule has 0 aliphatic rings. The van der Waals surface area contributed by atoms with Gasteiger partial charge in [-0.2, -0.15) is 0 Å². The fourth-order valence-electron chi connectivity index (χ4n) is 7.69. The van der Waals surface area contributed by atoms with Gasteiger partial charge in [-0.1, -0.05) is 133 Å². The number of nitrogens with zero attached hydrogens (tertiary/aromatic N) is 1. The van der Waals surface area contributed by atoms with E-state index in [0.717, 1.165) is 44.4 Å². The molecule has 0 saturated carbocycles. The van der Waals surface area contributed by atoms with Crippen LogP contribution in [0.3, 0.4) is 0 Å². The van der Waals surface area contributed by atoms with E-state index < -0.39 is 0 Å². The van der Waals surface area contributed by atoms with Crippen molar-refractivity contribution in [1.29, 1.82) is 0 Å². The van der Waals surface area contributed by atoms with Crippen LogP contribution in [0.1, 0.15) is 0 Å². The van der Waals surface area contributed by atoms with Gasteiger partial charge in [0.25, 0.3) is 0 Å². The molecule has 9 aromatic carbocycles. The molecule has 0 aliphatic carbocycles. The molecule has 0 amide bonds. The van der Waals surface area contributed by atoms with E-state index in [2.05, 4.69) is 193 Å². The molecule has 0 atom stereocenters. The van der Waals surface area contributed by atoms with Crippen LogP contribution in [-0.4, -0.2) is 0 Å². The van der Waals surface area contributed by atoms with Crippen molar-refractivity contribution in [2.75, 3.05) is 4.90 Å². The van der Waals surface area contributed by atoms with Crippen LogP contribution in [-0.2, 0) is 0 Å². The number of anilines is 3. The van der Waals surface area contributed by atoms with E-state index in [0.29, 0.717) is 0 Å². The molecular formula is C48H31NO. The van der Waals surface area contributed by atoms with Crippen LogP contribution in [0.5, 0.6) is 0 Å². The summed E-state index contributed by atoms with van der Waals surface area (Å²) in [7, 11) is 0. The number of rotatable bonds is 5. The van der Waals surface area contributed by atoms with E-state index in [-0.39, 0.29) is 0 Å². The molecule has 10 aromatic rings. The molecule has 50 heavy (non-hydrogen) atoms. The zero-order chi connectivity index (χ0) is 33.0. The van der Waals surface area contributed by atoms with Crippen LogP contribution >= 0.6 is 0 Å². The highest BCUT2D eigenvalue weighted by molar-refractivity contribution is 6.19. The quantitative estimate of drug-likeness (QED) is 0.175. The molecule has 0 fully saturated rings. The van der Waals surface area contributed by atoms with E-state index in [1.807, 2.05) is 0 Å². The Morgan fingerprint density at radius 3 is 1.62 bits per heavy atom. The molecule has 0 saturated heterocycles. The molecule has 0 bridgehead atoms. The summed E-state index contributed by atoms with van der Waals surface area (Å²) in [5.41, 5.74) is 9.90. The van der Waals surface area contributed by atoms with Crippen molar-refractivity contribution in [2.45, 2.75) is 0 Å². The average Bonchev–Trinajstić information content (AvgIpc) is 3.57. The molecule has 2 heteroatoms. The second-order valence-corrected chi connectivity index (χ2v) is 12.9. The lowest BCUT2D eigenvalue weighted by Gasteiger charge is -2.26. The van der Waals surface area contributed by atoms with Crippen LogP contribution in [0.15, 0.2) is 192 Å². The van der Waals surface area contributed by atoms with E-state index >= 15 is 0 Å². The zero-order valence-electron chi connectivity index (χ0n) is 27.3. The van der Waals surface area contributed by atoms with Crippen LogP contribution in [0.4, 0.5) is 17.1 Å². The minimum absolute atomic E-state index is 0.880. The lowest BCUT2D eigenvalue weighted by atomic mass is 9.93. The number of hydrogen-bond donors (Lipinski definition) is 0. The molecule has 2 nitrogen and oxygen atoms in total. The Balaban J connectivity index is 1.14. The van der Waals surface area contributed by atoms with E-state index in [4.69, 9.17) is 4.42 Å². The molecule has 10 rings (SSSR count). The predicted octanol–water partition coefficient (Wildman–Crippen LogP) is 13.8. The number of hydrogen-bond acceptors (Lipinski definition) is 2. The number of fused-ring (bicyclic) bond motifs is 8. The van der Waals surface area contributed by atoms with Gasteiger partial charge < -0.3 is 9.32 Å². The van der Waals surface area contributed by atoms with E-state index in [9.17, 15) is 0 Å². The highest BCUT2D eigenvalue weighted by Gasteiger charge is 2.19. The molecule has 0 N–H and O–H groups in total. The van der Waals surface area contributed by atoms with Gasteiger partial charge >= 0.3 is 0 Å². The first-order chi connectivity index (χ1) is 24.8. The van der Waals surface area contributed by atoms with E-state index in [1.54, 1.807) is 0 Å². The minimum Gasteiger partial charge on any atom is -0.455 e. The molecule has 0 radical (unpaired) electrons. The highest BCUT2D eigenvalue weighted by atomic mass is 16.3. The minimum atomic E-state index is 0.880. The molecule has 234 valence electrons. The van der Waals surface area contributed by atoms with Crippen molar-refractivity contribution in [3.8, 4) is 22.3 Å². The topological polar surface area (TPSA) is 16.4 Å². The Bertz CT molecular complexity index is 2850. The third-order valence-corrected chi connectivity index (χ3v) is 10.0. The van der Waals surface area contributed by atoms with Gasteiger partial charge in [-0.25, -0.2) is 0 Å². The lowest BCUT2D eigenvalue weighted by molar-refractivity contribution is 0.672. The Labute approximate surface area is 290 Å². The van der Waals surface area contributed by atoms with Gasteiger partial charge in [-0.05, 0) is 104 Å². The second kappa shape index (κ2) is 11.5. The average molecular weight is 638 g/mol. The molecule has 1 aromatic heterocycles. The predicted molar refractivity (Wildman–Crippen MR) is 212 cm³/mol.